The third-order valence-electron chi connectivity index (χ3n) is 4.30. The Kier molecular flexibility index (Phi) is 3.00. The van der Waals surface area contributed by atoms with E-state index in [-0.39, 0.29) is 11.2 Å². The van der Waals surface area contributed by atoms with Crippen LogP contribution in [0.25, 0.3) is 0 Å². The maximum atomic E-state index is 6.09. The lowest BCUT2D eigenvalue weighted by Crippen LogP contribution is -2.25. The normalized spacial score (nSPS) is 37.3. The average molecular weight is 220 g/mol. The van der Waals surface area contributed by atoms with Crippen molar-refractivity contribution in [2.45, 2.75) is 70.5 Å². The standard InChI is InChI=1S/C15H24O/c1-12(2)6-5-9-14(4)15(16-14)10-7-13(3)8-11-15/h7H,1,5-6,8-11H2,2-4H3/t14-,15+/m1/s1. The summed E-state index contributed by atoms with van der Waals surface area (Å²) in [7, 11) is 0. The van der Waals surface area contributed by atoms with Crippen LogP contribution in [0.5, 0.6) is 0 Å². The fraction of sp³-hybridized carbons (Fsp3) is 0.733. The van der Waals surface area contributed by atoms with Crippen molar-refractivity contribution in [1.82, 2.24) is 0 Å². The molecule has 0 saturated carbocycles. The van der Waals surface area contributed by atoms with Crippen LogP contribution in [0.2, 0.25) is 0 Å². The highest BCUT2D eigenvalue weighted by Gasteiger charge is 2.65. The van der Waals surface area contributed by atoms with Crippen LogP contribution < -0.4 is 0 Å². The van der Waals surface area contributed by atoms with Crippen molar-refractivity contribution in [3.8, 4) is 0 Å². The van der Waals surface area contributed by atoms with Crippen LogP contribution in [-0.2, 0) is 4.74 Å². The lowest BCUT2D eigenvalue weighted by Gasteiger charge is -2.20. The van der Waals surface area contributed by atoms with Gasteiger partial charge in [-0.25, -0.2) is 0 Å². The molecule has 1 aliphatic heterocycles. The van der Waals surface area contributed by atoms with E-state index < -0.39 is 0 Å². The van der Waals surface area contributed by atoms with Crippen molar-refractivity contribution < 1.29 is 4.74 Å². The van der Waals surface area contributed by atoms with Crippen LogP contribution in [-0.4, -0.2) is 11.2 Å². The molecule has 0 amide bonds. The summed E-state index contributed by atoms with van der Waals surface area (Å²) < 4.78 is 6.09. The Morgan fingerprint density at radius 1 is 1.56 bits per heavy atom. The van der Waals surface area contributed by atoms with Crippen molar-refractivity contribution in [2.24, 2.45) is 0 Å². The number of epoxide rings is 1. The first-order valence-electron chi connectivity index (χ1n) is 6.48. The molecule has 0 aromatic rings. The number of hydrogen-bond acceptors (Lipinski definition) is 1. The van der Waals surface area contributed by atoms with Crippen molar-refractivity contribution in [3.63, 3.8) is 0 Å². The Morgan fingerprint density at radius 2 is 2.31 bits per heavy atom. The first-order chi connectivity index (χ1) is 7.47. The summed E-state index contributed by atoms with van der Waals surface area (Å²) in [4.78, 5) is 0. The van der Waals surface area contributed by atoms with Crippen molar-refractivity contribution in [2.75, 3.05) is 0 Å². The monoisotopic (exact) mass is 220 g/mol. The van der Waals surface area contributed by atoms with E-state index in [1.165, 1.54) is 36.8 Å². The highest BCUT2D eigenvalue weighted by molar-refractivity contribution is 5.22. The molecule has 1 heteroatoms. The molecular formula is C15H24O. The summed E-state index contributed by atoms with van der Waals surface area (Å²) in [5, 5.41) is 0. The second kappa shape index (κ2) is 4.03. The summed E-state index contributed by atoms with van der Waals surface area (Å²) >= 11 is 0. The largest absolute Gasteiger partial charge is 0.362 e. The Bertz CT molecular complexity index is 328. The van der Waals surface area contributed by atoms with Gasteiger partial charge in [0, 0.05) is 0 Å². The summed E-state index contributed by atoms with van der Waals surface area (Å²) in [6.07, 6.45) is 9.48. The second-order valence-corrected chi connectivity index (χ2v) is 5.89. The minimum atomic E-state index is 0.152. The van der Waals surface area contributed by atoms with Gasteiger partial charge >= 0.3 is 0 Å². The second-order valence-electron chi connectivity index (χ2n) is 5.89. The Balaban J connectivity index is 1.86. The molecule has 0 N–H and O–H groups in total. The van der Waals surface area contributed by atoms with Gasteiger partial charge in [-0.1, -0.05) is 17.2 Å². The summed E-state index contributed by atoms with van der Waals surface area (Å²) in [5.41, 5.74) is 3.17. The summed E-state index contributed by atoms with van der Waals surface area (Å²) in [6.45, 7) is 10.6. The first kappa shape index (κ1) is 11.9. The van der Waals surface area contributed by atoms with Crippen molar-refractivity contribution in [3.05, 3.63) is 23.8 Å². The minimum Gasteiger partial charge on any atom is -0.362 e. The Hall–Kier alpha value is -0.560. The quantitative estimate of drug-likeness (QED) is 0.505. The molecule has 1 saturated heterocycles. The third-order valence-corrected chi connectivity index (χ3v) is 4.30. The predicted octanol–water partition coefficient (Wildman–Crippen LogP) is 4.39. The number of hydrogen-bond donors (Lipinski definition) is 0. The molecule has 0 aromatic carbocycles. The molecule has 1 aliphatic carbocycles. The number of allylic oxidation sites excluding steroid dienone is 2. The maximum absolute atomic E-state index is 6.09. The molecule has 2 rings (SSSR count). The average Bonchev–Trinajstić information content (AvgIpc) is 2.76. The maximum Gasteiger partial charge on any atom is 0.101 e. The van der Waals surface area contributed by atoms with E-state index in [4.69, 9.17) is 4.74 Å². The molecule has 1 fully saturated rings. The Labute approximate surface area is 99.6 Å². The number of rotatable bonds is 4. The fourth-order valence-electron chi connectivity index (χ4n) is 2.93. The van der Waals surface area contributed by atoms with Crippen LogP contribution in [0.15, 0.2) is 23.8 Å². The van der Waals surface area contributed by atoms with Gasteiger partial charge < -0.3 is 4.74 Å². The van der Waals surface area contributed by atoms with Crippen LogP contribution >= 0.6 is 0 Å². The molecule has 90 valence electrons. The summed E-state index contributed by atoms with van der Waals surface area (Å²) in [6, 6.07) is 0. The van der Waals surface area contributed by atoms with Gasteiger partial charge in [-0.15, -0.1) is 6.58 Å². The minimum absolute atomic E-state index is 0.152. The van der Waals surface area contributed by atoms with E-state index in [0.29, 0.717) is 0 Å². The lowest BCUT2D eigenvalue weighted by molar-refractivity contribution is 0.250. The van der Waals surface area contributed by atoms with Gasteiger partial charge in [0.05, 0.1) is 5.60 Å². The lowest BCUT2D eigenvalue weighted by atomic mass is 9.79. The highest BCUT2D eigenvalue weighted by Crippen LogP contribution is 2.58. The Morgan fingerprint density at radius 3 is 2.88 bits per heavy atom. The molecular weight excluding hydrogens is 196 g/mol. The topological polar surface area (TPSA) is 12.5 Å². The van der Waals surface area contributed by atoms with Gasteiger partial charge in [0.25, 0.3) is 0 Å². The van der Waals surface area contributed by atoms with Crippen LogP contribution in [0.4, 0.5) is 0 Å². The predicted molar refractivity (Wildman–Crippen MR) is 68.5 cm³/mol. The van der Waals surface area contributed by atoms with Crippen molar-refractivity contribution in [1.29, 1.82) is 0 Å². The van der Waals surface area contributed by atoms with E-state index in [2.05, 4.69) is 33.4 Å². The van der Waals surface area contributed by atoms with Gasteiger partial charge in [-0.05, 0) is 59.3 Å². The van der Waals surface area contributed by atoms with Gasteiger partial charge in [0.15, 0.2) is 0 Å². The van der Waals surface area contributed by atoms with E-state index in [1.54, 1.807) is 0 Å². The van der Waals surface area contributed by atoms with E-state index in [0.717, 1.165) is 12.8 Å². The number of ether oxygens (including phenoxy) is 1. The fourth-order valence-corrected chi connectivity index (χ4v) is 2.93. The van der Waals surface area contributed by atoms with E-state index in [9.17, 15) is 0 Å². The van der Waals surface area contributed by atoms with Gasteiger partial charge in [-0.3, -0.25) is 0 Å². The molecule has 0 bridgehead atoms. The zero-order chi connectivity index (χ0) is 11.8. The zero-order valence-corrected chi connectivity index (χ0v) is 10.9. The summed E-state index contributed by atoms with van der Waals surface area (Å²) in [5.74, 6) is 0. The SMILES string of the molecule is C=C(C)CCC[C@@]1(C)O[C@]12CC=C(C)CC2. The van der Waals surface area contributed by atoms with Gasteiger partial charge in [0.1, 0.15) is 5.60 Å². The van der Waals surface area contributed by atoms with E-state index >= 15 is 0 Å². The van der Waals surface area contributed by atoms with Crippen LogP contribution in [0.1, 0.15) is 59.3 Å². The van der Waals surface area contributed by atoms with Gasteiger partial charge in [0.2, 0.25) is 0 Å². The molecule has 2 aliphatic rings. The molecule has 1 nitrogen and oxygen atoms in total. The highest BCUT2D eigenvalue weighted by atomic mass is 16.6. The molecule has 1 spiro atoms. The third kappa shape index (κ3) is 2.10. The first-order valence-corrected chi connectivity index (χ1v) is 6.48. The molecule has 2 atom stereocenters. The molecule has 0 unspecified atom stereocenters. The van der Waals surface area contributed by atoms with Crippen LogP contribution in [0, 0.1) is 0 Å². The zero-order valence-electron chi connectivity index (χ0n) is 10.9. The molecule has 0 aromatic heterocycles. The molecule has 1 heterocycles. The smallest absolute Gasteiger partial charge is 0.101 e. The van der Waals surface area contributed by atoms with Gasteiger partial charge in [-0.2, -0.15) is 0 Å². The van der Waals surface area contributed by atoms with E-state index in [1.807, 2.05) is 0 Å². The van der Waals surface area contributed by atoms with Crippen molar-refractivity contribution >= 4 is 0 Å². The van der Waals surface area contributed by atoms with Crippen LogP contribution in [0.3, 0.4) is 0 Å². The molecule has 16 heavy (non-hydrogen) atoms. The molecule has 0 radical (unpaired) electrons.